The monoisotopic (exact) mass is 314 g/mol. The molecule has 2 saturated carbocycles. The van der Waals surface area contributed by atoms with E-state index in [1.807, 2.05) is 0 Å². The highest BCUT2D eigenvalue weighted by Gasteiger charge is 2.49. The molecule has 1 aromatic carbocycles. The summed E-state index contributed by atoms with van der Waals surface area (Å²) in [5.41, 5.74) is 1.11. The van der Waals surface area contributed by atoms with Crippen LogP contribution in [0.4, 0.5) is 0 Å². The first-order chi connectivity index (χ1) is 9.41. The van der Waals surface area contributed by atoms with Crippen LogP contribution in [0.1, 0.15) is 50.5 Å². The molecule has 20 heavy (non-hydrogen) atoms. The second-order valence-electron chi connectivity index (χ2n) is 6.59. The van der Waals surface area contributed by atoms with Crippen molar-refractivity contribution >= 4 is 23.2 Å². The highest BCUT2D eigenvalue weighted by molar-refractivity contribution is 6.34. The topological polar surface area (TPSA) is 40.5 Å². The highest BCUT2D eigenvalue weighted by Crippen LogP contribution is 2.56. The SMILES string of the molecule is C[C@]12CC[C@H](c3cc(Cl)c(O)cc3Cl)C[C@H]1CC[C@@H]2O. The minimum absolute atomic E-state index is 0.0392. The molecule has 2 nitrogen and oxygen atoms in total. The molecule has 0 spiro atoms. The zero-order chi connectivity index (χ0) is 14.5. The summed E-state index contributed by atoms with van der Waals surface area (Å²) in [6.45, 7) is 2.22. The minimum atomic E-state index is -0.160. The van der Waals surface area contributed by atoms with E-state index in [1.165, 1.54) is 6.07 Å². The van der Waals surface area contributed by atoms with E-state index in [0.717, 1.165) is 37.7 Å². The van der Waals surface area contributed by atoms with Crippen LogP contribution in [-0.2, 0) is 0 Å². The zero-order valence-electron chi connectivity index (χ0n) is 11.6. The van der Waals surface area contributed by atoms with Crippen molar-refractivity contribution in [3.8, 4) is 5.75 Å². The first-order valence-corrected chi connectivity index (χ1v) is 8.03. The fraction of sp³-hybridized carbons (Fsp3) is 0.625. The lowest BCUT2D eigenvalue weighted by Gasteiger charge is -2.42. The van der Waals surface area contributed by atoms with Gasteiger partial charge >= 0.3 is 0 Å². The third-order valence-corrected chi connectivity index (χ3v) is 6.22. The van der Waals surface area contributed by atoms with Gasteiger partial charge in [0.05, 0.1) is 11.1 Å². The summed E-state index contributed by atoms with van der Waals surface area (Å²) in [7, 11) is 0. The normalized spacial score (nSPS) is 36.9. The Hall–Kier alpha value is -0.440. The molecule has 2 aliphatic rings. The van der Waals surface area contributed by atoms with Gasteiger partial charge in [-0.3, -0.25) is 0 Å². The summed E-state index contributed by atoms with van der Waals surface area (Å²) in [5.74, 6) is 0.973. The number of hydrogen-bond donors (Lipinski definition) is 2. The molecule has 110 valence electrons. The zero-order valence-corrected chi connectivity index (χ0v) is 13.1. The van der Waals surface area contributed by atoms with E-state index in [1.54, 1.807) is 6.07 Å². The number of rotatable bonds is 1. The lowest BCUT2D eigenvalue weighted by atomic mass is 9.64. The Bertz CT molecular complexity index is 531. The van der Waals surface area contributed by atoms with Gasteiger partial charge in [-0.15, -0.1) is 0 Å². The van der Waals surface area contributed by atoms with Crippen molar-refractivity contribution in [3.05, 3.63) is 27.7 Å². The van der Waals surface area contributed by atoms with E-state index in [2.05, 4.69) is 6.92 Å². The molecular formula is C16H20Cl2O2. The molecule has 2 aliphatic carbocycles. The first-order valence-electron chi connectivity index (χ1n) is 7.28. The highest BCUT2D eigenvalue weighted by atomic mass is 35.5. The van der Waals surface area contributed by atoms with Gasteiger partial charge in [0.25, 0.3) is 0 Å². The number of fused-ring (bicyclic) bond motifs is 1. The largest absolute Gasteiger partial charge is 0.506 e. The second kappa shape index (κ2) is 5.08. The maximum atomic E-state index is 10.2. The predicted molar refractivity (Wildman–Crippen MR) is 81.6 cm³/mol. The third-order valence-electron chi connectivity index (χ3n) is 5.59. The molecule has 2 fully saturated rings. The van der Waals surface area contributed by atoms with Crippen LogP contribution in [0, 0.1) is 11.3 Å². The van der Waals surface area contributed by atoms with Crippen LogP contribution in [0.15, 0.2) is 12.1 Å². The molecule has 0 unspecified atom stereocenters. The fourth-order valence-electron chi connectivity index (χ4n) is 4.14. The van der Waals surface area contributed by atoms with Crippen molar-refractivity contribution in [3.63, 3.8) is 0 Å². The van der Waals surface area contributed by atoms with Gasteiger partial charge in [-0.25, -0.2) is 0 Å². The molecule has 0 aliphatic heterocycles. The molecule has 3 rings (SSSR count). The lowest BCUT2D eigenvalue weighted by Crippen LogP contribution is -2.37. The average molecular weight is 315 g/mol. The van der Waals surface area contributed by atoms with Gasteiger partial charge in [0, 0.05) is 11.1 Å². The Balaban J connectivity index is 1.86. The third kappa shape index (κ3) is 2.22. The van der Waals surface area contributed by atoms with E-state index in [-0.39, 0.29) is 17.3 Å². The van der Waals surface area contributed by atoms with Gasteiger partial charge in [-0.1, -0.05) is 30.1 Å². The summed E-state index contributed by atoms with van der Waals surface area (Å²) in [5, 5.41) is 20.8. The van der Waals surface area contributed by atoms with Gasteiger partial charge in [0.2, 0.25) is 0 Å². The van der Waals surface area contributed by atoms with Crippen molar-refractivity contribution in [1.82, 2.24) is 0 Å². The molecule has 2 N–H and O–H groups in total. The smallest absolute Gasteiger partial charge is 0.135 e. The van der Waals surface area contributed by atoms with E-state index < -0.39 is 0 Å². The van der Waals surface area contributed by atoms with Crippen LogP contribution in [0.3, 0.4) is 0 Å². The minimum Gasteiger partial charge on any atom is -0.506 e. The number of phenols is 1. The Morgan fingerprint density at radius 2 is 1.90 bits per heavy atom. The summed E-state index contributed by atoms with van der Waals surface area (Å²) >= 11 is 12.3. The van der Waals surface area contributed by atoms with Crippen molar-refractivity contribution in [2.24, 2.45) is 11.3 Å². The number of hydrogen-bond acceptors (Lipinski definition) is 2. The number of aliphatic hydroxyl groups is 1. The maximum absolute atomic E-state index is 10.2. The molecule has 0 heterocycles. The fourth-order valence-corrected chi connectivity index (χ4v) is 4.63. The Kier molecular flexibility index (Phi) is 3.68. The summed E-state index contributed by atoms with van der Waals surface area (Å²) < 4.78 is 0. The van der Waals surface area contributed by atoms with Crippen molar-refractivity contribution in [2.75, 3.05) is 0 Å². The maximum Gasteiger partial charge on any atom is 0.135 e. The Morgan fingerprint density at radius 3 is 2.65 bits per heavy atom. The predicted octanol–water partition coefficient (Wildman–Crippen LogP) is 4.74. The van der Waals surface area contributed by atoms with Gasteiger partial charge in [0.1, 0.15) is 5.75 Å². The molecule has 4 atom stereocenters. The standard InChI is InChI=1S/C16H20Cl2O2/c1-16-5-4-9(6-10(16)2-3-15(16)20)11-7-13(18)14(19)8-12(11)17/h7-10,15,19-20H,2-6H2,1H3/t9-,10+,15-,16-/m0/s1. The van der Waals surface area contributed by atoms with Crippen LogP contribution in [0.25, 0.3) is 0 Å². The molecule has 0 radical (unpaired) electrons. The number of aliphatic hydroxyl groups excluding tert-OH is 1. The Morgan fingerprint density at radius 1 is 1.15 bits per heavy atom. The average Bonchev–Trinajstić information content (AvgIpc) is 2.70. The molecule has 0 amide bonds. The second-order valence-corrected chi connectivity index (χ2v) is 7.41. The number of phenolic OH excluding ortho intramolecular Hbond substituents is 1. The summed E-state index contributed by atoms with van der Waals surface area (Å²) in [6.07, 6.45) is 4.94. The van der Waals surface area contributed by atoms with Gasteiger partial charge < -0.3 is 10.2 Å². The van der Waals surface area contributed by atoms with Gasteiger partial charge in [0.15, 0.2) is 0 Å². The van der Waals surface area contributed by atoms with E-state index in [4.69, 9.17) is 23.2 Å². The molecule has 4 heteroatoms. The van der Waals surface area contributed by atoms with Crippen molar-refractivity contribution in [1.29, 1.82) is 0 Å². The molecule has 0 aromatic heterocycles. The molecular weight excluding hydrogens is 295 g/mol. The van der Waals surface area contributed by atoms with E-state index in [0.29, 0.717) is 21.9 Å². The van der Waals surface area contributed by atoms with Gasteiger partial charge in [-0.05, 0) is 61.0 Å². The lowest BCUT2D eigenvalue weighted by molar-refractivity contribution is 0.00872. The van der Waals surface area contributed by atoms with Crippen LogP contribution in [0.5, 0.6) is 5.75 Å². The van der Waals surface area contributed by atoms with Crippen LogP contribution in [0.2, 0.25) is 10.0 Å². The molecule has 0 bridgehead atoms. The van der Waals surface area contributed by atoms with Crippen molar-refractivity contribution < 1.29 is 10.2 Å². The van der Waals surface area contributed by atoms with Crippen LogP contribution < -0.4 is 0 Å². The Labute approximate surface area is 129 Å². The van der Waals surface area contributed by atoms with E-state index >= 15 is 0 Å². The summed E-state index contributed by atoms with van der Waals surface area (Å²) in [6, 6.07) is 3.34. The quantitative estimate of drug-likeness (QED) is 0.785. The first kappa shape index (κ1) is 14.5. The number of aromatic hydroxyl groups is 1. The van der Waals surface area contributed by atoms with Crippen LogP contribution in [-0.4, -0.2) is 16.3 Å². The van der Waals surface area contributed by atoms with Crippen molar-refractivity contribution in [2.45, 2.75) is 51.0 Å². The van der Waals surface area contributed by atoms with Crippen LogP contribution >= 0.6 is 23.2 Å². The molecule has 1 aromatic rings. The number of benzene rings is 1. The summed E-state index contributed by atoms with van der Waals surface area (Å²) in [4.78, 5) is 0. The van der Waals surface area contributed by atoms with E-state index in [9.17, 15) is 10.2 Å². The van der Waals surface area contributed by atoms with Gasteiger partial charge in [-0.2, -0.15) is 0 Å². The number of halogens is 2. The molecule has 0 saturated heterocycles.